The first-order valence-corrected chi connectivity index (χ1v) is 13.7. The fourth-order valence-electron chi connectivity index (χ4n) is 6.64. The van der Waals surface area contributed by atoms with E-state index in [1.165, 1.54) is 59.9 Å². The van der Waals surface area contributed by atoms with Gasteiger partial charge in [0.2, 0.25) is 0 Å². The minimum absolute atomic E-state index is 0.973. The molecule has 4 heterocycles. The highest BCUT2D eigenvalue weighted by molar-refractivity contribution is 6.28. The SMILES string of the molecule is c1ccc(-c2cccc(-n3c4ccccc4c4ccc5c6ccccc6n6c7ccccc7cc6c5c43)c2)nc1. The Balaban J connectivity index is 1.53. The van der Waals surface area contributed by atoms with E-state index >= 15 is 0 Å². The molecule has 3 nitrogen and oxygen atoms in total. The Morgan fingerprint density at radius 3 is 2.05 bits per heavy atom. The predicted octanol–water partition coefficient (Wildman–Crippen LogP) is 9.56. The second-order valence-corrected chi connectivity index (χ2v) is 10.4. The van der Waals surface area contributed by atoms with Crippen LogP contribution in [0.5, 0.6) is 0 Å². The summed E-state index contributed by atoms with van der Waals surface area (Å²) >= 11 is 0. The Labute approximate surface area is 230 Å². The third-order valence-corrected chi connectivity index (χ3v) is 8.30. The van der Waals surface area contributed by atoms with E-state index in [9.17, 15) is 0 Å². The van der Waals surface area contributed by atoms with E-state index in [4.69, 9.17) is 0 Å². The van der Waals surface area contributed by atoms with E-state index in [1.54, 1.807) is 0 Å². The van der Waals surface area contributed by atoms with Gasteiger partial charge in [-0.1, -0.05) is 84.9 Å². The van der Waals surface area contributed by atoms with Crippen LogP contribution < -0.4 is 0 Å². The van der Waals surface area contributed by atoms with Crippen LogP contribution in [0.1, 0.15) is 0 Å². The van der Waals surface area contributed by atoms with Crippen LogP contribution in [0.4, 0.5) is 0 Å². The van der Waals surface area contributed by atoms with E-state index in [2.05, 4.69) is 135 Å². The maximum Gasteiger partial charge on any atom is 0.0702 e. The van der Waals surface area contributed by atoms with Crippen LogP contribution in [0.3, 0.4) is 0 Å². The average molecular weight is 510 g/mol. The molecule has 0 aliphatic carbocycles. The van der Waals surface area contributed by atoms with Gasteiger partial charge >= 0.3 is 0 Å². The molecule has 0 atom stereocenters. The number of fused-ring (bicyclic) bond motifs is 12. The Bertz CT molecular complexity index is 2430. The van der Waals surface area contributed by atoms with Gasteiger partial charge in [-0.05, 0) is 53.9 Å². The molecule has 0 aliphatic rings. The average Bonchev–Trinajstić information content (AvgIpc) is 3.58. The number of para-hydroxylation sites is 3. The van der Waals surface area contributed by atoms with Crippen LogP contribution in [-0.2, 0) is 0 Å². The Morgan fingerprint density at radius 2 is 1.20 bits per heavy atom. The number of pyridine rings is 2. The van der Waals surface area contributed by atoms with Crippen molar-refractivity contribution >= 4 is 59.9 Å². The van der Waals surface area contributed by atoms with Crippen molar-refractivity contribution in [2.24, 2.45) is 0 Å². The van der Waals surface area contributed by atoms with Gasteiger partial charge in [0.1, 0.15) is 0 Å². The molecule has 0 saturated carbocycles. The molecular formula is C37H23N3. The van der Waals surface area contributed by atoms with Gasteiger partial charge < -0.3 is 8.97 Å². The predicted molar refractivity (Wildman–Crippen MR) is 167 cm³/mol. The van der Waals surface area contributed by atoms with Crippen molar-refractivity contribution in [3.05, 3.63) is 140 Å². The van der Waals surface area contributed by atoms with Gasteiger partial charge in [-0.2, -0.15) is 0 Å². The molecule has 0 amide bonds. The molecule has 0 bridgehead atoms. The highest BCUT2D eigenvalue weighted by Crippen LogP contribution is 2.42. The summed E-state index contributed by atoms with van der Waals surface area (Å²) in [5.41, 5.74) is 9.32. The monoisotopic (exact) mass is 509 g/mol. The molecule has 0 fully saturated rings. The van der Waals surface area contributed by atoms with Crippen molar-refractivity contribution in [1.82, 2.24) is 14.0 Å². The minimum Gasteiger partial charge on any atom is -0.309 e. The third-order valence-electron chi connectivity index (χ3n) is 8.30. The lowest BCUT2D eigenvalue weighted by Crippen LogP contribution is -1.97. The summed E-state index contributed by atoms with van der Waals surface area (Å²) < 4.78 is 4.89. The maximum absolute atomic E-state index is 4.63. The van der Waals surface area contributed by atoms with E-state index in [0.717, 1.165) is 16.9 Å². The summed E-state index contributed by atoms with van der Waals surface area (Å²) in [5.74, 6) is 0. The largest absolute Gasteiger partial charge is 0.309 e. The van der Waals surface area contributed by atoms with Gasteiger partial charge in [0.25, 0.3) is 0 Å². The summed E-state index contributed by atoms with van der Waals surface area (Å²) in [5, 5.41) is 7.55. The van der Waals surface area contributed by atoms with Crippen LogP contribution in [0, 0.1) is 0 Å². The second-order valence-electron chi connectivity index (χ2n) is 10.4. The number of hydrogen-bond donors (Lipinski definition) is 0. The number of nitrogens with zero attached hydrogens (tertiary/aromatic N) is 3. The first-order valence-electron chi connectivity index (χ1n) is 13.7. The quantitative estimate of drug-likeness (QED) is 0.213. The Hall–Kier alpha value is -5.41. The van der Waals surface area contributed by atoms with Crippen LogP contribution in [-0.4, -0.2) is 14.0 Å². The van der Waals surface area contributed by atoms with Crippen molar-refractivity contribution in [3.63, 3.8) is 0 Å². The van der Waals surface area contributed by atoms with Gasteiger partial charge in [-0.25, -0.2) is 0 Å². The van der Waals surface area contributed by atoms with E-state index in [1.807, 2.05) is 18.3 Å². The highest BCUT2D eigenvalue weighted by Gasteiger charge is 2.20. The van der Waals surface area contributed by atoms with Gasteiger partial charge in [0, 0.05) is 44.4 Å². The molecule has 9 rings (SSSR count). The molecule has 3 heteroatoms. The van der Waals surface area contributed by atoms with E-state index in [-0.39, 0.29) is 0 Å². The molecular weight excluding hydrogens is 486 g/mol. The first-order chi connectivity index (χ1) is 19.9. The van der Waals surface area contributed by atoms with Crippen LogP contribution >= 0.6 is 0 Å². The molecule has 0 radical (unpaired) electrons. The van der Waals surface area contributed by atoms with Gasteiger partial charge in [-0.15, -0.1) is 0 Å². The lowest BCUT2D eigenvalue weighted by atomic mass is 10.0. The summed E-state index contributed by atoms with van der Waals surface area (Å²) in [6.07, 6.45) is 1.86. The molecule has 0 spiro atoms. The first kappa shape index (κ1) is 21.5. The zero-order valence-corrected chi connectivity index (χ0v) is 21.6. The zero-order chi connectivity index (χ0) is 26.2. The standard InChI is InChI=1S/C37H23N3/c1-4-16-32-25(10-1)23-35-36-29(27-13-2-6-18-34(27)40(32)35)19-20-30-28-14-3-5-17-33(28)39(37(30)36)26-12-9-11-24(22-26)31-15-7-8-21-38-31/h1-23H. The lowest BCUT2D eigenvalue weighted by Gasteiger charge is -2.14. The highest BCUT2D eigenvalue weighted by atomic mass is 15.0. The Morgan fingerprint density at radius 1 is 0.475 bits per heavy atom. The number of benzene rings is 5. The van der Waals surface area contributed by atoms with Crippen LogP contribution in [0.15, 0.2) is 140 Å². The van der Waals surface area contributed by atoms with E-state index in [0.29, 0.717) is 0 Å². The van der Waals surface area contributed by atoms with Crippen molar-refractivity contribution in [2.75, 3.05) is 0 Å². The normalized spacial score (nSPS) is 12.0. The molecule has 40 heavy (non-hydrogen) atoms. The third kappa shape index (κ3) is 2.86. The molecule has 5 aromatic carbocycles. The van der Waals surface area contributed by atoms with Gasteiger partial charge in [0.15, 0.2) is 0 Å². The minimum atomic E-state index is 0.973. The van der Waals surface area contributed by atoms with Crippen molar-refractivity contribution in [1.29, 1.82) is 0 Å². The summed E-state index contributed by atoms with van der Waals surface area (Å²) in [4.78, 5) is 4.63. The Kier molecular flexibility index (Phi) is 4.33. The molecule has 0 N–H and O–H groups in total. The number of aromatic nitrogens is 3. The molecule has 4 aromatic heterocycles. The summed E-state index contributed by atoms with van der Waals surface area (Å²) in [6, 6.07) is 48.1. The smallest absolute Gasteiger partial charge is 0.0702 e. The molecule has 186 valence electrons. The zero-order valence-electron chi connectivity index (χ0n) is 21.6. The van der Waals surface area contributed by atoms with Gasteiger partial charge in [0.05, 0.1) is 33.3 Å². The van der Waals surface area contributed by atoms with Gasteiger partial charge in [-0.3, -0.25) is 4.98 Å². The van der Waals surface area contributed by atoms with E-state index < -0.39 is 0 Å². The fraction of sp³-hybridized carbons (Fsp3) is 0. The fourth-order valence-corrected chi connectivity index (χ4v) is 6.64. The number of rotatable bonds is 2. The molecule has 0 aliphatic heterocycles. The topological polar surface area (TPSA) is 22.2 Å². The number of hydrogen-bond acceptors (Lipinski definition) is 1. The summed E-state index contributed by atoms with van der Waals surface area (Å²) in [7, 11) is 0. The van der Waals surface area contributed by atoms with Crippen molar-refractivity contribution in [2.45, 2.75) is 0 Å². The second kappa shape index (κ2) is 8.05. The van der Waals surface area contributed by atoms with Crippen LogP contribution in [0.2, 0.25) is 0 Å². The lowest BCUT2D eigenvalue weighted by molar-refractivity contribution is 1.18. The van der Waals surface area contributed by atoms with Crippen molar-refractivity contribution in [3.8, 4) is 16.9 Å². The molecule has 9 aromatic rings. The van der Waals surface area contributed by atoms with Crippen LogP contribution in [0.25, 0.3) is 76.8 Å². The summed E-state index contributed by atoms with van der Waals surface area (Å²) in [6.45, 7) is 0. The maximum atomic E-state index is 4.63. The molecule has 0 unspecified atom stereocenters. The molecule has 0 saturated heterocycles. The van der Waals surface area contributed by atoms with Crippen molar-refractivity contribution < 1.29 is 0 Å².